The van der Waals surface area contributed by atoms with Crippen LogP contribution in [0.5, 0.6) is 5.75 Å². The summed E-state index contributed by atoms with van der Waals surface area (Å²) in [6.07, 6.45) is -0.197. The summed E-state index contributed by atoms with van der Waals surface area (Å²) in [6, 6.07) is 1.98. The molecule has 2 saturated heterocycles. The number of aromatic amines is 1. The van der Waals surface area contributed by atoms with E-state index in [1.807, 2.05) is 0 Å². The number of carboxylic acid groups (broad SMARTS) is 1. The maximum absolute atomic E-state index is 15.3. The lowest BCUT2D eigenvalue weighted by Gasteiger charge is -2.30. The van der Waals surface area contributed by atoms with Gasteiger partial charge in [-0.2, -0.15) is 5.26 Å². The zero-order valence-corrected chi connectivity index (χ0v) is 60.7. The molecule has 0 unspecified atom stereocenters. The Kier molecular flexibility index (Phi) is 32.5. The van der Waals surface area contributed by atoms with E-state index in [9.17, 15) is 72.6 Å². The lowest BCUT2D eigenvalue weighted by Crippen LogP contribution is -2.61. The molecule has 582 valence electrons. The van der Waals surface area contributed by atoms with Crippen molar-refractivity contribution < 1.29 is 81.7 Å². The number of aliphatic carboxylic acids is 1. The van der Waals surface area contributed by atoms with Gasteiger partial charge < -0.3 is 102 Å². The van der Waals surface area contributed by atoms with Crippen LogP contribution in [0.25, 0.3) is 10.9 Å². The van der Waals surface area contributed by atoms with Gasteiger partial charge in [-0.1, -0.05) is 64.8 Å². The number of aromatic nitrogens is 1. The van der Waals surface area contributed by atoms with E-state index in [0.717, 1.165) is 33.7 Å². The van der Waals surface area contributed by atoms with Crippen molar-refractivity contribution in [2.45, 2.75) is 170 Å². The number of rotatable bonds is 24. The Morgan fingerprint density at radius 1 is 0.704 bits per heavy atom. The molecule has 23 N–H and O–H groups in total. The molecule has 3 heterocycles. The molecule has 35 nitrogen and oxygen atoms in total. The van der Waals surface area contributed by atoms with Crippen molar-refractivity contribution in [2.75, 3.05) is 37.7 Å². The number of primary amides is 2. The minimum absolute atomic E-state index is 0.000566. The van der Waals surface area contributed by atoms with Crippen molar-refractivity contribution in [3.05, 3.63) is 101 Å². The first-order valence-electron chi connectivity index (χ1n) is 35.2. The summed E-state index contributed by atoms with van der Waals surface area (Å²) < 4.78 is 14.8. The number of nitrogens with zero attached hydrogens (tertiary/aromatic N) is 2. The highest BCUT2D eigenvalue weighted by Gasteiger charge is 2.41. The van der Waals surface area contributed by atoms with Crippen LogP contribution in [0.15, 0.2) is 72.9 Å². The van der Waals surface area contributed by atoms with Crippen molar-refractivity contribution in [3.8, 4) is 11.8 Å². The first kappa shape index (κ1) is 84.2. The summed E-state index contributed by atoms with van der Waals surface area (Å²) in [6.45, 7) is -0.235. The Balaban J connectivity index is 1.29. The number of halogens is 1. The SMILES string of the molecule is N#Cc1ccccc1C[C@@H]1NC(=O)[C@H](C2CCCC2)NC(=O)[C@@H](NC(=O)[C@H](Cc2ccc(O)cc2)NC(=O)[C@@H]2CCCN2C(=O)CCN)CSSC[C@@H](C(N)=O)NC(=O)[C@H](CCC(=O)O)NC(=O)[C@H](Cc2c[nH]c3ccc(F)cc23)NC(=O)[C@@H](CCC(N)=O)NC(=O)CCNC(=O)[C@H](CCCNC(=N)N)NC1=O. The number of phenolic OH excluding ortho intramolecular Hbond substituents is 1. The minimum atomic E-state index is -1.81. The largest absolute Gasteiger partial charge is 0.508 e. The minimum Gasteiger partial charge on any atom is -0.508 e. The Morgan fingerprint density at radius 2 is 1.33 bits per heavy atom. The normalized spacial score (nSPS) is 22.6. The molecule has 13 amide bonds. The molecule has 38 heteroatoms. The highest BCUT2D eigenvalue weighted by molar-refractivity contribution is 8.76. The molecule has 3 fully saturated rings. The first-order chi connectivity index (χ1) is 51.6. The van der Waals surface area contributed by atoms with Gasteiger partial charge in [-0.25, -0.2) is 4.39 Å². The predicted octanol–water partition coefficient (Wildman–Crippen LogP) is -2.41. The summed E-state index contributed by atoms with van der Waals surface area (Å²) in [7, 11) is 1.67. The summed E-state index contributed by atoms with van der Waals surface area (Å²) in [5.41, 5.74) is 24.0. The lowest BCUT2D eigenvalue weighted by molar-refractivity contribution is -0.139. The van der Waals surface area contributed by atoms with Crippen molar-refractivity contribution >= 4 is 121 Å². The molecule has 3 aliphatic rings. The Labute approximate surface area is 628 Å². The van der Waals surface area contributed by atoms with Crippen molar-refractivity contribution in [1.29, 1.82) is 10.7 Å². The monoisotopic (exact) mass is 1540 g/mol. The van der Waals surface area contributed by atoms with Crippen LogP contribution >= 0.6 is 21.6 Å². The molecule has 1 aliphatic carbocycles. The number of hydrogen-bond acceptors (Lipinski definition) is 20. The molecule has 0 spiro atoms. The summed E-state index contributed by atoms with van der Waals surface area (Å²) in [5.74, 6) is -16.3. The lowest BCUT2D eigenvalue weighted by atomic mass is 9.95. The quantitative estimate of drug-likeness (QED) is 0.0150. The molecule has 7 rings (SSSR count). The van der Waals surface area contributed by atoms with Crippen LogP contribution < -0.4 is 81.4 Å². The number of carbonyl (C=O) groups is 14. The van der Waals surface area contributed by atoms with Crippen LogP contribution in [0.4, 0.5) is 4.39 Å². The third-order valence-corrected chi connectivity index (χ3v) is 20.8. The molecule has 4 aromatic rings. The number of benzene rings is 3. The van der Waals surface area contributed by atoms with Crippen LogP contribution in [0.2, 0.25) is 0 Å². The number of hydrogen-bond donors (Lipinski definition) is 19. The molecule has 3 aromatic carbocycles. The number of H-pyrrole nitrogens is 1. The smallest absolute Gasteiger partial charge is 0.303 e. The second-order valence-electron chi connectivity index (χ2n) is 26.3. The molecule has 2 aliphatic heterocycles. The van der Waals surface area contributed by atoms with E-state index < -0.39 is 217 Å². The van der Waals surface area contributed by atoms with Gasteiger partial charge in [0, 0.05) is 99.7 Å². The summed E-state index contributed by atoms with van der Waals surface area (Å²) in [4.78, 5) is 202. The number of nitrogens with two attached hydrogens (primary N) is 4. The number of guanidine groups is 1. The average Bonchev–Trinajstić information content (AvgIpc) is 1.66. The molecule has 1 saturated carbocycles. The van der Waals surface area contributed by atoms with Gasteiger partial charge in [-0.3, -0.25) is 72.5 Å². The maximum Gasteiger partial charge on any atom is 0.303 e. The van der Waals surface area contributed by atoms with Gasteiger partial charge in [0.1, 0.15) is 72.0 Å². The maximum atomic E-state index is 15.3. The number of aromatic hydroxyl groups is 1. The van der Waals surface area contributed by atoms with Crippen molar-refractivity contribution in [3.63, 3.8) is 0 Å². The summed E-state index contributed by atoms with van der Waals surface area (Å²) in [5, 5.41) is 66.9. The second-order valence-corrected chi connectivity index (χ2v) is 28.9. The molecular formula is C70H92FN19O16S2. The molecule has 0 bridgehead atoms. The number of likely N-dealkylation sites (tertiary alicyclic amines) is 1. The predicted molar refractivity (Wildman–Crippen MR) is 393 cm³/mol. The number of amides is 13. The molecular weight excluding hydrogens is 1450 g/mol. The number of phenols is 1. The van der Waals surface area contributed by atoms with E-state index in [1.54, 1.807) is 12.1 Å². The fourth-order valence-electron chi connectivity index (χ4n) is 12.7. The fourth-order valence-corrected chi connectivity index (χ4v) is 15.0. The second kappa shape index (κ2) is 41.7. The number of carboxylic acids is 1. The average molecular weight is 1540 g/mol. The Morgan fingerprint density at radius 3 is 2.00 bits per heavy atom. The third kappa shape index (κ3) is 25.9. The number of nitriles is 1. The van der Waals surface area contributed by atoms with Crippen LogP contribution in [0, 0.1) is 28.5 Å². The molecule has 1 aromatic heterocycles. The van der Waals surface area contributed by atoms with E-state index in [0.29, 0.717) is 43.2 Å². The van der Waals surface area contributed by atoms with Gasteiger partial charge in [0.2, 0.25) is 76.8 Å². The Bertz CT molecular complexity index is 3990. The van der Waals surface area contributed by atoms with E-state index in [1.165, 1.54) is 53.6 Å². The number of nitrogens with one attached hydrogen (secondary N) is 13. The number of carbonyl (C=O) groups excluding carboxylic acids is 13. The van der Waals surface area contributed by atoms with E-state index >= 15 is 14.4 Å². The van der Waals surface area contributed by atoms with E-state index in [2.05, 4.69) is 69.5 Å². The highest BCUT2D eigenvalue weighted by atomic mass is 33.1. The highest BCUT2D eigenvalue weighted by Crippen LogP contribution is 2.30. The zero-order valence-electron chi connectivity index (χ0n) is 59.1. The van der Waals surface area contributed by atoms with Gasteiger partial charge in [-0.15, -0.1) is 0 Å². The molecule has 10 atom stereocenters. The zero-order chi connectivity index (χ0) is 78.6. The van der Waals surface area contributed by atoms with E-state index in [-0.39, 0.29) is 86.0 Å². The van der Waals surface area contributed by atoms with Gasteiger partial charge >= 0.3 is 5.97 Å². The summed E-state index contributed by atoms with van der Waals surface area (Å²) >= 11 is 0. The van der Waals surface area contributed by atoms with Crippen LogP contribution in [-0.2, 0) is 86.4 Å². The van der Waals surface area contributed by atoms with Crippen LogP contribution in [0.1, 0.15) is 112 Å². The van der Waals surface area contributed by atoms with Crippen molar-refractivity contribution in [1.82, 2.24) is 68.4 Å². The third-order valence-electron chi connectivity index (χ3n) is 18.4. The van der Waals surface area contributed by atoms with Crippen LogP contribution in [-0.4, -0.2) is 207 Å². The first-order valence-corrected chi connectivity index (χ1v) is 37.7. The van der Waals surface area contributed by atoms with Crippen molar-refractivity contribution in [2.24, 2.45) is 28.9 Å². The standard InChI is InChI=1S/C70H92FN19O16S2/c71-42-15-18-45-44(32-42)41(34-80-45)31-51-66(103)83-48(20-22-58(95)96)63(100)87-52(60(75)97)35-107-108-36-53(88-64(101)49(29-37-13-16-43(91)17-14-37)85-68(105)54-12-6-28-90(54)57(94)23-25-72)67(104)89-59(38-7-1-2-8-38)69(106)86-50(30-39-9-3-4-10-40(39)33-73)65(102)82-46(11-5-26-79-70(76)77)61(98)78-27-24-56(93)81-47(62(99)84-51)19-21-55(74)92/h3-4,9-10,13-18,32,34,38,46-54,59,80,91H,1-2,5-8,11-12,19-31,35-36,72H2,(H2,74,92)(H2,75,97)(H,78,98)(H,81,93)(H,82,102)(H,83,103)(H,84,99)(H,85,105)(H,86,106)(H,87,100)(H,88,101)(H,89,104)(H,95,96)(H4,76,77,79)/t46-,47+,48-,49-,50-,51-,52-,53-,54-,59-/m0/s1. The van der Waals surface area contributed by atoms with Gasteiger partial charge in [0.15, 0.2) is 5.96 Å². The molecule has 0 radical (unpaired) electrons. The van der Waals surface area contributed by atoms with E-state index in [4.69, 9.17) is 28.3 Å². The topological polar surface area (TPSA) is 583 Å². The molecule has 108 heavy (non-hydrogen) atoms. The van der Waals surface area contributed by atoms with Gasteiger partial charge in [0.05, 0.1) is 11.6 Å². The fraction of sp³-hybridized carbons (Fsp3) is 0.486. The van der Waals surface area contributed by atoms with Gasteiger partial charge in [-0.05, 0) is 110 Å². The number of fused-ring (bicyclic) bond motifs is 1. The Hall–Kier alpha value is -11.1. The van der Waals surface area contributed by atoms with Gasteiger partial charge in [0.25, 0.3) is 0 Å². The van der Waals surface area contributed by atoms with Crippen LogP contribution in [0.3, 0.4) is 0 Å².